The van der Waals surface area contributed by atoms with Crippen LogP contribution < -0.4 is 0 Å². The van der Waals surface area contributed by atoms with Gasteiger partial charge in [0, 0.05) is 56.9 Å². The first-order valence-electron chi connectivity index (χ1n) is 25.3. The minimum atomic E-state index is -6.20. The predicted molar refractivity (Wildman–Crippen MR) is 279 cm³/mol. The summed E-state index contributed by atoms with van der Waals surface area (Å²) >= 11 is 0. The average molecular weight is 1530 g/mol. The van der Waals surface area contributed by atoms with Crippen LogP contribution in [0.4, 0.5) is 0 Å². The van der Waals surface area contributed by atoms with Crippen molar-refractivity contribution in [2.24, 2.45) is 0 Å². The van der Waals surface area contributed by atoms with Gasteiger partial charge in [-0.1, -0.05) is 0 Å². The summed E-state index contributed by atoms with van der Waals surface area (Å²) in [5, 5.41) is 21.4. The molecule has 0 aromatic carbocycles. The molecule has 0 aliphatic carbocycles. The minimum Gasteiger partial charge on any atom is -0.479 e. The quantitative estimate of drug-likeness (QED) is 0.0266. The molecular formula is C38H64O49S7. The summed E-state index contributed by atoms with van der Waals surface area (Å²) in [5.74, 6) is -4.28. The van der Waals surface area contributed by atoms with E-state index in [1.165, 1.54) is 0 Å². The molecule has 5 aliphatic heterocycles. The largest absolute Gasteiger partial charge is 0.479 e. The summed E-state index contributed by atoms with van der Waals surface area (Å²) in [5.41, 5.74) is 0. The normalized spacial score (nSPS) is 37.6. The van der Waals surface area contributed by atoms with Crippen molar-refractivity contribution in [3.63, 3.8) is 0 Å². The Hall–Kier alpha value is -2.65. The van der Waals surface area contributed by atoms with Gasteiger partial charge in [0.05, 0.1) is 19.8 Å². The van der Waals surface area contributed by atoms with Crippen molar-refractivity contribution in [3.8, 4) is 0 Å². The molecule has 0 radical (unpaired) electrons. The maximum absolute atomic E-state index is 13.3. The minimum absolute atomic E-state index is 0.707. The molecule has 56 heteroatoms. The molecule has 49 nitrogen and oxygen atoms in total. The summed E-state index contributed by atoms with van der Waals surface area (Å²) in [7, 11) is -33.4. The number of carbonyl (C=O) groups is 2. The van der Waals surface area contributed by atoms with Crippen LogP contribution in [0.2, 0.25) is 0 Å². The Bertz CT molecular complexity index is 3340. The highest BCUT2D eigenvalue weighted by molar-refractivity contribution is 7.82. The smallest absolute Gasteiger partial charge is 0.397 e. The van der Waals surface area contributed by atoms with E-state index in [2.05, 4.69) is 20.9 Å². The molecule has 552 valence electrons. The van der Waals surface area contributed by atoms with Crippen LogP contribution in [0.25, 0.3) is 0 Å². The van der Waals surface area contributed by atoms with Crippen LogP contribution in [0, 0.1) is 0 Å². The highest BCUT2D eigenvalue weighted by atomic mass is 32.3. The highest BCUT2D eigenvalue weighted by Crippen LogP contribution is 2.41. The molecule has 94 heavy (non-hydrogen) atoms. The lowest BCUT2D eigenvalue weighted by atomic mass is 9.94. The molecule has 0 unspecified atom stereocenters. The van der Waals surface area contributed by atoms with Gasteiger partial charge in [-0.3, -0.25) is 31.9 Å². The number of methoxy groups -OCH3 is 8. The van der Waals surface area contributed by atoms with E-state index in [-0.39, 0.29) is 0 Å². The fourth-order valence-corrected chi connectivity index (χ4v) is 13.1. The van der Waals surface area contributed by atoms with Crippen molar-refractivity contribution in [3.05, 3.63) is 0 Å². The van der Waals surface area contributed by atoms with Gasteiger partial charge in [-0.05, 0) is 0 Å². The van der Waals surface area contributed by atoms with Crippen molar-refractivity contribution < 1.29 is 220 Å². The molecule has 25 atom stereocenters. The number of aliphatic carboxylic acids is 2. The number of carboxylic acids is 2. The first-order chi connectivity index (χ1) is 43.2. The number of carboxylic acid groups (broad SMARTS) is 2. The van der Waals surface area contributed by atoms with E-state index < -0.39 is 258 Å². The Labute approximate surface area is 533 Å². The second-order valence-corrected chi connectivity index (χ2v) is 26.8. The van der Waals surface area contributed by atoms with E-state index >= 15 is 0 Å². The SMILES string of the molecule is CO[C@H]1O[C@@H](COS(=O)(=O)O)[C@@H](O[C@@H]2O[C@@H](C(=O)O)[C@H](O[C@H]3O[C@@H](COS(=O)(=O)O)[C@@H](O[C@@H]4O[C@@H](C(=O)O)[C@@H](O[C@H]5O[C@@H](COS(=O)(=O)O)[C@@H](OC)[C@H](OC)[C@@H]5OC)[C@H](OC)[C@@H]4OC)[C@H](OS(=O)(=O)O)[C@@H]3OS(=O)(=O)O)[C@H](OC)[C@H]2OC)[C@H](OS(=O)(=O)O)[C@@H]1OS(=O)(=O)O. The molecule has 9 N–H and O–H groups in total. The van der Waals surface area contributed by atoms with Crippen LogP contribution in [0.3, 0.4) is 0 Å². The molecule has 0 aromatic heterocycles. The van der Waals surface area contributed by atoms with Crippen LogP contribution >= 0.6 is 0 Å². The third-order valence-electron chi connectivity index (χ3n) is 13.6. The Balaban J connectivity index is 1.63. The summed E-state index contributed by atoms with van der Waals surface area (Å²) in [6.07, 6.45) is -58.8. The van der Waals surface area contributed by atoms with Crippen LogP contribution in [-0.4, -0.2) is 343 Å². The molecule has 5 heterocycles. The Kier molecular flexibility index (Phi) is 29.0. The highest BCUT2D eigenvalue weighted by Gasteiger charge is 2.62. The fourth-order valence-electron chi connectivity index (χ4n) is 10.2. The molecule has 5 rings (SSSR count). The number of hydrogen-bond acceptors (Lipinski definition) is 40. The van der Waals surface area contributed by atoms with Crippen molar-refractivity contribution in [1.29, 1.82) is 0 Å². The predicted octanol–water partition coefficient (Wildman–Crippen LogP) is -7.72. The summed E-state index contributed by atoms with van der Waals surface area (Å²) in [6.45, 7) is -4.33. The zero-order chi connectivity index (χ0) is 71.2. The van der Waals surface area contributed by atoms with Gasteiger partial charge in [-0.25, -0.2) is 38.9 Å². The lowest BCUT2D eigenvalue weighted by molar-refractivity contribution is -0.388. The lowest BCUT2D eigenvalue weighted by Gasteiger charge is -2.51. The topological polar surface area (TPSA) is 677 Å². The number of hydrogen-bond donors (Lipinski definition) is 9. The molecule has 0 aromatic rings. The first kappa shape index (κ1) is 82.0. The van der Waals surface area contributed by atoms with Crippen LogP contribution in [0.1, 0.15) is 0 Å². The van der Waals surface area contributed by atoms with Crippen molar-refractivity contribution in [2.45, 2.75) is 154 Å². The van der Waals surface area contributed by atoms with Crippen molar-refractivity contribution in [1.82, 2.24) is 0 Å². The molecule has 5 saturated heterocycles. The molecular weight excluding hydrogens is 1460 g/mol. The second-order valence-electron chi connectivity index (χ2n) is 19.3. The third-order valence-corrected chi connectivity index (χ3v) is 16.8. The average Bonchev–Trinajstić information content (AvgIpc) is 0.763. The van der Waals surface area contributed by atoms with Gasteiger partial charge in [-0.15, -0.1) is 0 Å². The van der Waals surface area contributed by atoms with Gasteiger partial charge < -0.3 is 90.7 Å². The fraction of sp³-hybridized carbons (Fsp3) is 0.947. The zero-order valence-corrected chi connectivity index (χ0v) is 54.5. The first-order valence-corrected chi connectivity index (χ1v) is 34.9. The standard InChI is InChI=1S/C38H64O49S7/c1-64-15-12(9-72-88(43,44)45)76-35(27(68-5)18(15)65-2)80-21-19(66-3)28(69-6)37(82-25(21)32(39)40)79-17-14(11-74-90(49,50)51)77-38(31(87-94(61,62)63)24(17)85-92(55,56)57)81-22-20(67-4)29(70-7)36(83-26(22)33(41)42)78-16-13(10-73-89(46,47)48)75-34(71-8)30(86-93(58,59)60)23(16)84-91(52,53)54/h12-31,34-38H,9-11H2,1-8H3,(H,39,40)(H,41,42)(H,43,44,45)(H,46,47,48)(H,49,50,51)(H,52,53,54)(H,55,56,57)(H,58,59,60)(H,61,62,63)/t12-,13-,14-,15+,16+,17+,18-,19-,20-,21-,22+,23-,24-,25+,26+,27-,28-,29+,30-,31-,34-,35+,36+,37+,38+/m0/s1. The zero-order valence-electron chi connectivity index (χ0n) is 48.8. The van der Waals surface area contributed by atoms with E-state index in [0.29, 0.717) is 14.2 Å². The van der Waals surface area contributed by atoms with Gasteiger partial charge in [-0.2, -0.15) is 58.9 Å². The molecule has 5 aliphatic rings. The molecule has 0 spiro atoms. The van der Waals surface area contributed by atoms with Gasteiger partial charge in [0.15, 0.2) is 55.9 Å². The monoisotopic (exact) mass is 1530 g/mol. The number of ether oxygens (including phenoxy) is 17. The van der Waals surface area contributed by atoms with Crippen molar-refractivity contribution in [2.75, 3.05) is 76.7 Å². The van der Waals surface area contributed by atoms with E-state index in [0.717, 1.165) is 42.7 Å². The maximum atomic E-state index is 13.3. The summed E-state index contributed by atoms with van der Waals surface area (Å²) in [4.78, 5) is 26.6. The van der Waals surface area contributed by atoms with Crippen LogP contribution in [0.15, 0.2) is 0 Å². The van der Waals surface area contributed by atoms with Gasteiger partial charge >= 0.3 is 84.7 Å². The van der Waals surface area contributed by atoms with E-state index in [1.54, 1.807) is 0 Å². The second kappa shape index (κ2) is 33.2. The van der Waals surface area contributed by atoms with Crippen LogP contribution in [-0.2, 0) is 192 Å². The Morgan fingerprint density at radius 3 is 0.777 bits per heavy atom. The summed E-state index contributed by atoms with van der Waals surface area (Å²) in [6, 6.07) is 0. The van der Waals surface area contributed by atoms with E-state index in [1.807, 2.05) is 0 Å². The third kappa shape index (κ3) is 22.7. The van der Waals surface area contributed by atoms with E-state index in [4.69, 9.17) is 88.9 Å². The summed E-state index contributed by atoms with van der Waals surface area (Å²) < 4.78 is 366. The Morgan fingerprint density at radius 2 is 0.511 bits per heavy atom. The van der Waals surface area contributed by atoms with Crippen molar-refractivity contribution >= 4 is 84.7 Å². The molecule has 0 saturated carbocycles. The van der Waals surface area contributed by atoms with Crippen LogP contribution in [0.5, 0.6) is 0 Å². The molecule has 0 bridgehead atoms. The molecule has 0 amide bonds. The van der Waals surface area contributed by atoms with Gasteiger partial charge in [0.2, 0.25) is 0 Å². The maximum Gasteiger partial charge on any atom is 0.397 e. The number of rotatable bonds is 35. The van der Waals surface area contributed by atoms with Gasteiger partial charge in [0.1, 0.15) is 97.7 Å². The van der Waals surface area contributed by atoms with Gasteiger partial charge in [0.25, 0.3) is 0 Å². The molecule has 5 fully saturated rings. The Morgan fingerprint density at radius 1 is 0.277 bits per heavy atom. The van der Waals surface area contributed by atoms with E-state index in [9.17, 15) is 111 Å². The lowest BCUT2D eigenvalue weighted by Crippen LogP contribution is -2.70.